The third-order valence-electron chi connectivity index (χ3n) is 3.69. The van der Waals surface area contributed by atoms with Crippen LogP contribution in [0.25, 0.3) is 11.4 Å². The molecule has 2 N–H and O–H groups in total. The van der Waals surface area contributed by atoms with Crippen LogP contribution in [0.3, 0.4) is 0 Å². The molecule has 2 heterocycles. The number of hydrogen-bond donors (Lipinski definition) is 2. The molecule has 2 amide bonds. The molecule has 0 saturated carbocycles. The van der Waals surface area contributed by atoms with Gasteiger partial charge in [0.05, 0.1) is 0 Å². The summed E-state index contributed by atoms with van der Waals surface area (Å²) in [5.41, 5.74) is 0.477. The van der Waals surface area contributed by atoms with Crippen LogP contribution >= 0.6 is 0 Å². The zero-order valence-electron chi connectivity index (χ0n) is 12.9. The number of hydrogen-bond acceptors (Lipinski definition) is 5. The smallest absolute Gasteiger partial charge is 0.244 e. The van der Waals surface area contributed by atoms with Gasteiger partial charge in [-0.1, -0.05) is 12.1 Å². The molecule has 8 nitrogen and oxygen atoms in total. The Balaban J connectivity index is 1.62. The van der Waals surface area contributed by atoms with E-state index in [2.05, 4.69) is 26.0 Å². The van der Waals surface area contributed by atoms with Gasteiger partial charge in [-0.2, -0.15) is 4.80 Å². The Hall–Kier alpha value is -2.84. The minimum absolute atomic E-state index is 0.161. The first-order valence-corrected chi connectivity index (χ1v) is 7.72. The topological polar surface area (TPSA) is 102 Å². The van der Waals surface area contributed by atoms with Crippen molar-refractivity contribution in [3.8, 4) is 11.4 Å². The molecule has 1 aromatic heterocycles. The second-order valence-electron chi connectivity index (χ2n) is 5.56. The van der Waals surface area contributed by atoms with E-state index in [1.54, 1.807) is 12.1 Å². The zero-order chi connectivity index (χ0) is 16.9. The lowest BCUT2D eigenvalue weighted by molar-refractivity contribution is -0.129. The number of nitrogens with zero attached hydrogens (tertiary/aromatic N) is 4. The predicted octanol–water partition coefficient (Wildman–Crippen LogP) is 0.264. The van der Waals surface area contributed by atoms with Gasteiger partial charge >= 0.3 is 0 Å². The molecule has 1 aliphatic heterocycles. The molecule has 1 fully saturated rings. The molecular formula is C15H17FN6O2. The summed E-state index contributed by atoms with van der Waals surface area (Å²) in [6, 6.07) is 5.27. The normalized spacial score (nSPS) is 17.9. The van der Waals surface area contributed by atoms with Crippen LogP contribution in [0.4, 0.5) is 4.39 Å². The maximum atomic E-state index is 13.2. The summed E-state index contributed by atoms with van der Waals surface area (Å²) in [6.45, 7) is 0.471. The van der Waals surface area contributed by atoms with Crippen molar-refractivity contribution in [3.63, 3.8) is 0 Å². The van der Waals surface area contributed by atoms with Gasteiger partial charge in [0, 0.05) is 12.1 Å². The Bertz CT molecular complexity index is 747. The molecule has 1 atom stereocenters. The lowest BCUT2D eigenvalue weighted by Crippen LogP contribution is -2.46. The minimum Gasteiger partial charge on any atom is -0.354 e. The monoisotopic (exact) mass is 332 g/mol. The van der Waals surface area contributed by atoms with Gasteiger partial charge in [-0.25, -0.2) is 4.39 Å². The summed E-state index contributed by atoms with van der Waals surface area (Å²) >= 11 is 0. The van der Waals surface area contributed by atoms with Gasteiger partial charge in [0.25, 0.3) is 0 Å². The van der Waals surface area contributed by atoms with E-state index in [1.807, 2.05) is 0 Å². The minimum atomic E-state index is -0.536. The number of tetrazole rings is 1. The zero-order valence-corrected chi connectivity index (χ0v) is 12.9. The van der Waals surface area contributed by atoms with Crippen LogP contribution in [-0.4, -0.2) is 44.6 Å². The lowest BCUT2D eigenvalue weighted by Gasteiger charge is -2.14. The van der Waals surface area contributed by atoms with Crippen LogP contribution in [0.1, 0.15) is 19.3 Å². The molecule has 0 aliphatic carbocycles. The van der Waals surface area contributed by atoms with Crippen molar-refractivity contribution in [2.75, 3.05) is 6.54 Å². The number of benzene rings is 1. The van der Waals surface area contributed by atoms with Gasteiger partial charge in [-0.05, 0) is 36.6 Å². The molecule has 0 spiro atoms. The summed E-state index contributed by atoms with van der Waals surface area (Å²) in [5, 5.41) is 17.1. The van der Waals surface area contributed by atoms with Crippen LogP contribution in [0.15, 0.2) is 24.3 Å². The molecule has 126 valence electrons. The van der Waals surface area contributed by atoms with Crippen LogP contribution in [0, 0.1) is 5.82 Å². The third kappa shape index (κ3) is 3.92. The van der Waals surface area contributed by atoms with Gasteiger partial charge in [0.1, 0.15) is 18.4 Å². The maximum absolute atomic E-state index is 13.2. The van der Waals surface area contributed by atoms with Gasteiger partial charge in [0.15, 0.2) is 0 Å². The number of nitrogens with one attached hydrogen (secondary N) is 2. The third-order valence-corrected chi connectivity index (χ3v) is 3.69. The SMILES string of the molecule is O=C(Cn1nnc(-c2cccc(F)c2)n1)N[C@@H]1CCCCNC1=O. The molecule has 1 aromatic carbocycles. The van der Waals surface area contributed by atoms with E-state index in [0.717, 1.165) is 17.6 Å². The molecule has 3 rings (SSSR count). The van der Waals surface area contributed by atoms with Crippen molar-refractivity contribution in [2.45, 2.75) is 31.8 Å². The summed E-state index contributed by atoms with van der Waals surface area (Å²) in [4.78, 5) is 25.0. The van der Waals surface area contributed by atoms with Crippen LogP contribution in [-0.2, 0) is 16.1 Å². The quantitative estimate of drug-likeness (QED) is 0.836. The Labute approximate surface area is 137 Å². The Morgan fingerprint density at radius 2 is 2.29 bits per heavy atom. The van der Waals surface area contributed by atoms with Crippen molar-refractivity contribution in [2.24, 2.45) is 0 Å². The highest BCUT2D eigenvalue weighted by molar-refractivity contribution is 5.87. The van der Waals surface area contributed by atoms with E-state index in [1.165, 1.54) is 12.1 Å². The number of aromatic nitrogens is 4. The van der Waals surface area contributed by atoms with E-state index in [0.29, 0.717) is 18.5 Å². The second-order valence-corrected chi connectivity index (χ2v) is 5.56. The summed E-state index contributed by atoms with van der Waals surface area (Å²) in [6.07, 6.45) is 2.38. The fraction of sp³-hybridized carbons (Fsp3) is 0.400. The van der Waals surface area contributed by atoms with E-state index in [-0.39, 0.29) is 24.2 Å². The summed E-state index contributed by atoms with van der Waals surface area (Å²) < 4.78 is 13.2. The predicted molar refractivity (Wildman–Crippen MR) is 82.0 cm³/mol. The highest BCUT2D eigenvalue weighted by atomic mass is 19.1. The van der Waals surface area contributed by atoms with Crippen molar-refractivity contribution >= 4 is 11.8 Å². The Kier molecular flexibility index (Phi) is 4.78. The largest absolute Gasteiger partial charge is 0.354 e. The fourth-order valence-electron chi connectivity index (χ4n) is 2.50. The first-order valence-electron chi connectivity index (χ1n) is 7.72. The number of carbonyl (C=O) groups excluding carboxylic acids is 2. The molecule has 2 aromatic rings. The molecule has 1 saturated heterocycles. The molecule has 0 unspecified atom stereocenters. The number of halogens is 1. The molecule has 0 radical (unpaired) electrons. The van der Waals surface area contributed by atoms with Gasteiger partial charge in [0.2, 0.25) is 17.6 Å². The highest BCUT2D eigenvalue weighted by Gasteiger charge is 2.22. The van der Waals surface area contributed by atoms with Crippen molar-refractivity contribution in [1.82, 2.24) is 30.8 Å². The Morgan fingerprint density at radius 3 is 3.12 bits per heavy atom. The number of amides is 2. The maximum Gasteiger partial charge on any atom is 0.244 e. The van der Waals surface area contributed by atoms with E-state index in [9.17, 15) is 14.0 Å². The van der Waals surface area contributed by atoms with Gasteiger partial charge in [-0.15, -0.1) is 10.2 Å². The molecule has 0 bridgehead atoms. The molecule has 24 heavy (non-hydrogen) atoms. The molecule has 9 heteroatoms. The fourth-order valence-corrected chi connectivity index (χ4v) is 2.50. The average molecular weight is 332 g/mol. The summed E-state index contributed by atoms with van der Waals surface area (Å²) in [5.74, 6) is -0.719. The van der Waals surface area contributed by atoms with E-state index in [4.69, 9.17) is 0 Å². The van der Waals surface area contributed by atoms with Crippen molar-refractivity contribution in [3.05, 3.63) is 30.1 Å². The number of carbonyl (C=O) groups is 2. The highest BCUT2D eigenvalue weighted by Crippen LogP contribution is 2.14. The standard InChI is InChI=1S/C15H17FN6O2/c16-11-5-3-4-10(8-11)14-19-21-22(20-14)9-13(23)18-12-6-1-2-7-17-15(12)24/h3-5,8,12H,1-2,6-7,9H2,(H,17,24)(H,18,23)/t12-/m1/s1. The van der Waals surface area contributed by atoms with Crippen molar-refractivity contribution < 1.29 is 14.0 Å². The van der Waals surface area contributed by atoms with Crippen LogP contribution < -0.4 is 10.6 Å². The first-order chi connectivity index (χ1) is 11.6. The van der Waals surface area contributed by atoms with Crippen LogP contribution in [0.2, 0.25) is 0 Å². The van der Waals surface area contributed by atoms with E-state index < -0.39 is 11.9 Å². The Morgan fingerprint density at radius 1 is 1.42 bits per heavy atom. The average Bonchev–Trinajstić information content (AvgIpc) is 2.92. The van der Waals surface area contributed by atoms with Gasteiger partial charge in [-0.3, -0.25) is 9.59 Å². The second kappa shape index (κ2) is 7.16. The molecule has 1 aliphatic rings. The van der Waals surface area contributed by atoms with E-state index >= 15 is 0 Å². The lowest BCUT2D eigenvalue weighted by atomic mass is 10.1. The van der Waals surface area contributed by atoms with Crippen molar-refractivity contribution in [1.29, 1.82) is 0 Å². The summed E-state index contributed by atoms with van der Waals surface area (Å²) in [7, 11) is 0. The van der Waals surface area contributed by atoms with Crippen LogP contribution in [0.5, 0.6) is 0 Å². The van der Waals surface area contributed by atoms with Gasteiger partial charge < -0.3 is 10.6 Å². The first kappa shape index (κ1) is 16.0. The number of rotatable bonds is 4. The molecular weight excluding hydrogens is 315 g/mol.